The number of hydrogen-bond acceptors (Lipinski definition) is 5. The first-order chi connectivity index (χ1) is 9.61. The molecule has 0 radical (unpaired) electrons. The molecule has 2 aromatic rings. The van der Waals surface area contributed by atoms with Crippen molar-refractivity contribution in [3.05, 3.63) is 39.8 Å². The fourth-order valence-electron chi connectivity index (χ4n) is 1.93. The van der Waals surface area contributed by atoms with E-state index in [0.29, 0.717) is 12.4 Å². The highest BCUT2D eigenvalue weighted by Crippen LogP contribution is 2.29. The molecule has 0 aliphatic heterocycles. The summed E-state index contributed by atoms with van der Waals surface area (Å²) in [6, 6.07) is 5.46. The zero-order valence-corrected chi connectivity index (χ0v) is 12.7. The third-order valence-corrected chi connectivity index (χ3v) is 4.10. The van der Waals surface area contributed by atoms with Crippen molar-refractivity contribution in [2.45, 2.75) is 26.4 Å². The SMILES string of the molecule is COc1ccc(C(C)O)c(OCCc2scnc2C)c1. The minimum Gasteiger partial charge on any atom is -0.497 e. The Morgan fingerprint density at radius 3 is 2.80 bits per heavy atom. The molecule has 0 aliphatic rings. The average Bonchev–Trinajstić information content (AvgIpc) is 2.84. The largest absolute Gasteiger partial charge is 0.497 e. The predicted octanol–water partition coefficient (Wildman–Crippen LogP) is 3.13. The van der Waals surface area contributed by atoms with Crippen molar-refractivity contribution >= 4 is 11.3 Å². The lowest BCUT2D eigenvalue weighted by Gasteiger charge is -2.14. The van der Waals surface area contributed by atoms with Crippen molar-refractivity contribution in [3.8, 4) is 11.5 Å². The molecular formula is C15H19NO3S. The normalized spacial score (nSPS) is 12.2. The van der Waals surface area contributed by atoms with Gasteiger partial charge in [0.15, 0.2) is 0 Å². The minimum atomic E-state index is -0.568. The number of aliphatic hydroxyl groups is 1. The Morgan fingerprint density at radius 1 is 1.40 bits per heavy atom. The molecule has 5 heteroatoms. The van der Waals surface area contributed by atoms with E-state index in [-0.39, 0.29) is 0 Å². The number of benzene rings is 1. The Labute approximate surface area is 123 Å². The molecule has 2 rings (SSSR count). The monoisotopic (exact) mass is 293 g/mol. The summed E-state index contributed by atoms with van der Waals surface area (Å²) < 4.78 is 11.0. The Kier molecular flexibility index (Phi) is 4.98. The van der Waals surface area contributed by atoms with E-state index in [2.05, 4.69) is 4.98 Å². The van der Waals surface area contributed by atoms with E-state index in [1.165, 1.54) is 4.88 Å². The molecule has 0 aliphatic carbocycles. The summed E-state index contributed by atoms with van der Waals surface area (Å²) in [6.45, 7) is 4.27. The number of rotatable bonds is 6. The molecule has 108 valence electrons. The van der Waals surface area contributed by atoms with E-state index >= 15 is 0 Å². The summed E-state index contributed by atoms with van der Waals surface area (Å²) in [5.41, 5.74) is 3.67. The van der Waals surface area contributed by atoms with Gasteiger partial charge in [-0.05, 0) is 26.0 Å². The van der Waals surface area contributed by atoms with E-state index in [4.69, 9.17) is 9.47 Å². The Balaban J connectivity index is 2.05. The second-order valence-corrected chi connectivity index (χ2v) is 5.48. The number of methoxy groups -OCH3 is 1. The van der Waals surface area contributed by atoms with Crippen LogP contribution in [0.15, 0.2) is 23.7 Å². The maximum atomic E-state index is 9.77. The van der Waals surface area contributed by atoms with Gasteiger partial charge in [0.05, 0.1) is 31.0 Å². The van der Waals surface area contributed by atoms with Crippen LogP contribution in [0.25, 0.3) is 0 Å². The molecular weight excluding hydrogens is 274 g/mol. The number of aromatic nitrogens is 1. The Morgan fingerprint density at radius 2 is 2.20 bits per heavy atom. The standard InChI is InChI=1S/C15H19NO3S/c1-10-15(20-9-16-10)6-7-19-14-8-12(18-3)4-5-13(14)11(2)17/h4-5,8-9,11,17H,6-7H2,1-3H3. The van der Waals surface area contributed by atoms with Gasteiger partial charge in [-0.3, -0.25) is 0 Å². The van der Waals surface area contributed by atoms with Crippen molar-refractivity contribution in [1.82, 2.24) is 4.98 Å². The van der Waals surface area contributed by atoms with E-state index < -0.39 is 6.10 Å². The summed E-state index contributed by atoms with van der Waals surface area (Å²) >= 11 is 1.64. The number of nitrogens with zero attached hydrogens (tertiary/aromatic N) is 1. The summed E-state index contributed by atoms with van der Waals surface area (Å²) in [5, 5.41) is 9.77. The summed E-state index contributed by atoms with van der Waals surface area (Å²) in [5.74, 6) is 1.39. The molecule has 0 bridgehead atoms. The van der Waals surface area contributed by atoms with Gasteiger partial charge in [0.1, 0.15) is 11.5 Å². The molecule has 1 heterocycles. The highest BCUT2D eigenvalue weighted by molar-refractivity contribution is 7.09. The van der Waals surface area contributed by atoms with Crippen molar-refractivity contribution < 1.29 is 14.6 Å². The van der Waals surface area contributed by atoms with Crippen LogP contribution >= 0.6 is 11.3 Å². The van der Waals surface area contributed by atoms with Crippen LogP contribution in [0.2, 0.25) is 0 Å². The first kappa shape index (κ1) is 14.8. The molecule has 0 amide bonds. The second-order valence-electron chi connectivity index (χ2n) is 4.54. The second kappa shape index (κ2) is 6.72. The number of aryl methyl sites for hydroxylation is 1. The topological polar surface area (TPSA) is 51.6 Å². The molecule has 1 unspecified atom stereocenters. The van der Waals surface area contributed by atoms with Crippen LogP contribution in [0.4, 0.5) is 0 Å². The highest BCUT2D eigenvalue weighted by atomic mass is 32.1. The van der Waals surface area contributed by atoms with Crippen LogP contribution in [0.1, 0.15) is 29.2 Å². The zero-order chi connectivity index (χ0) is 14.5. The highest BCUT2D eigenvalue weighted by Gasteiger charge is 2.11. The van der Waals surface area contributed by atoms with Gasteiger partial charge in [-0.25, -0.2) is 4.98 Å². The lowest BCUT2D eigenvalue weighted by molar-refractivity contribution is 0.191. The van der Waals surface area contributed by atoms with Gasteiger partial charge in [0, 0.05) is 22.9 Å². The van der Waals surface area contributed by atoms with Crippen LogP contribution in [-0.2, 0) is 6.42 Å². The molecule has 1 aromatic heterocycles. The first-order valence-electron chi connectivity index (χ1n) is 6.49. The van der Waals surface area contributed by atoms with E-state index in [0.717, 1.165) is 23.4 Å². The molecule has 0 saturated heterocycles. The third kappa shape index (κ3) is 3.49. The molecule has 1 aromatic carbocycles. The van der Waals surface area contributed by atoms with Gasteiger partial charge in [0.25, 0.3) is 0 Å². The number of thiazole rings is 1. The number of aliphatic hydroxyl groups excluding tert-OH is 1. The summed E-state index contributed by atoms with van der Waals surface area (Å²) in [4.78, 5) is 5.45. The molecule has 4 nitrogen and oxygen atoms in total. The van der Waals surface area contributed by atoms with Crippen LogP contribution in [-0.4, -0.2) is 23.8 Å². The van der Waals surface area contributed by atoms with Crippen LogP contribution < -0.4 is 9.47 Å². The van der Waals surface area contributed by atoms with Gasteiger partial charge in [-0.2, -0.15) is 0 Å². The van der Waals surface area contributed by atoms with E-state index in [9.17, 15) is 5.11 Å². The van der Waals surface area contributed by atoms with Gasteiger partial charge in [0.2, 0.25) is 0 Å². The fraction of sp³-hybridized carbons (Fsp3) is 0.400. The first-order valence-corrected chi connectivity index (χ1v) is 7.37. The number of hydrogen-bond donors (Lipinski definition) is 1. The fourth-order valence-corrected chi connectivity index (χ4v) is 2.69. The van der Waals surface area contributed by atoms with E-state index in [1.54, 1.807) is 25.4 Å². The van der Waals surface area contributed by atoms with Crippen LogP contribution in [0.5, 0.6) is 11.5 Å². The maximum Gasteiger partial charge on any atom is 0.128 e. The van der Waals surface area contributed by atoms with Crippen LogP contribution in [0, 0.1) is 6.92 Å². The van der Waals surface area contributed by atoms with Gasteiger partial charge in [-0.15, -0.1) is 11.3 Å². The smallest absolute Gasteiger partial charge is 0.128 e. The van der Waals surface area contributed by atoms with Crippen molar-refractivity contribution in [2.75, 3.05) is 13.7 Å². The Bertz CT molecular complexity index is 566. The van der Waals surface area contributed by atoms with Crippen molar-refractivity contribution in [3.63, 3.8) is 0 Å². The molecule has 0 spiro atoms. The zero-order valence-electron chi connectivity index (χ0n) is 11.9. The molecule has 0 saturated carbocycles. The van der Waals surface area contributed by atoms with Gasteiger partial charge in [-0.1, -0.05) is 0 Å². The van der Waals surface area contributed by atoms with Gasteiger partial charge >= 0.3 is 0 Å². The minimum absolute atomic E-state index is 0.552. The predicted molar refractivity (Wildman–Crippen MR) is 79.7 cm³/mol. The quantitative estimate of drug-likeness (QED) is 0.889. The lowest BCUT2D eigenvalue weighted by Crippen LogP contribution is -2.05. The third-order valence-electron chi connectivity index (χ3n) is 3.10. The molecule has 1 N–H and O–H groups in total. The maximum absolute atomic E-state index is 9.77. The van der Waals surface area contributed by atoms with Crippen molar-refractivity contribution in [1.29, 1.82) is 0 Å². The molecule has 20 heavy (non-hydrogen) atoms. The molecule has 1 atom stereocenters. The summed E-state index contributed by atoms with van der Waals surface area (Å²) in [6.07, 6.45) is 0.244. The lowest BCUT2D eigenvalue weighted by atomic mass is 10.1. The van der Waals surface area contributed by atoms with E-state index in [1.807, 2.05) is 30.6 Å². The van der Waals surface area contributed by atoms with Crippen molar-refractivity contribution in [2.24, 2.45) is 0 Å². The van der Waals surface area contributed by atoms with Gasteiger partial charge < -0.3 is 14.6 Å². The average molecular weight is 293 g/mol. The summed E-state index contributed by atoms with van der Waals surface area (Å²) in [7, 11) is 1.61. The Hall–Kier alpha value is -1.59. The number of ether oxygens (including phenoxy) is 2. The van der Waals surface area contributed by atoms with Crippen LogP contribution in [0.3, 0.4) is 0 Å². The molecule has 0 fully saturated rings.